The highest BCUT2D eigenvalue weighted by Crippen LogP contribution is 2.52. The van der Waals surface area contributed by atoms with Gasteiger partial charge >= 0.3 is 11.9 Å². The molecule has 0 bridgehead atoms. The number of nitrogens with zero attached hydrogens (tertiary/aromatic N) is 1. The van der Waals surface area contributed by atoms with Crippen molar-refractivity contribution in [2.24, 2.45) is 11.3 Å². The zero-order chi connectivity index (χ0) is 22.2. The Morgan fingerprint density at radius 3 is 2.84 bits per heavy atom. The van der Waals surface area contributed by atoms with E-state index in [2.05, 4.69) is 10.3 Å². The van der Waals surface area contributed by atoms with E-state index in [4.69, 9.17) is 25.8 Å². The molecule has 2 aliphatic rings. The number of carbonyl (C=O) groups excluding carboxylic acids is 2. The molecular formula is C22H25ClN2O5S. The summed E-state index contributed by atoms with van der Waals surface area (Å²) < 4.78 is 16.8. The summed E-state index contributed by atoms with van der Waals surface area (Å²) in [4.78, 5) is 30.1. The summed E-state index contributed by atoms with van der Waals surface area (Å²) >= 11 is 7.58. The molecule has 2 aliphatic heterocycles. The average molecular weight is 465 g/mol. The Labute approximate surface area is 190 Å². The van der Waals surface area contributed by atoms with E-state index in [1.54, 1.807) is 13.0 Å². The molecular weight excluding hydrogens is 440 g/mol. The molecule has 166 valence electrons. The van der Waals surface area contributed by atoms with E-state index in [0.29, 0.717) is 28.4 Å². The minimum Gasteiger partial charge on any atom is -0.459 e. The number of hydrogen-bond donors (Lipinski definition) is 1. The number of halogens is 1. The molecule has 1 aromatic heterocycles. The van der Waals surface area contributed by atoms with Crippen LogP contribution in [0.15, 0.2) is 29.6 Å². The van der Waals surface area contributed by atoms with Gasteiger partial charge in [0.05, 0.1) is 23.0 Å². The van der Waals surface area contributed by atoms with Crippen molar-refractivity contribution in [2.75, 3.05) is 18.5 Å². The van der Waals surface area contributed by atoms with Gasteiger partial charge in [-0.05, 0) is 25.0 Å². The van der Waals surface area contributed by atoms with Gasteiger partial charge < -0.3 is 19.5 Å². The van der Waals surface area contributed by atoms with Gasteiger partial charge in [-0.1, -0.05) is 37.6 Å². The number of aromatic nitrogens is 1. The number of anilines is 2. The summed E-state index contributed by atoms with van der Waals surface area (Å²) in [7, 11) is 0. The summed E-state index contributed by atoms with van der Waals surface area (Å²) in [5, 5.41) is 6.21. The van der Waals surface area contributed by atoms with Crippen LogP contribution in [-0.2, 0) is 29.4 Å². The quantitative estimate of drug-likeness (QED) is 0.470. The second-order valence-corrected chi connectivity index (χ2v) is 9.95. The predicted molar refractivity (Wildman–Crippen MR) is 117 cm³/mol. The van der Waals surface area contributed by atoms with Gasteiger partial charge in [0.25, 0.3) is 0 Å². The van der Waals surface area contributed by atoms with Crippen molar-refractivity contribution >= 4 is 45.7 Å². The summed E-state index contributed by atoms with van der Waals surface area (Å²) in [6, 6.07) is 7.36. The van der Waals surface area contributed by atoms with Crippen LogP contribution >= 0.6 is 22.9 Å². The van der Waals surface area contributed by atoms with E-state index in [1.807, 2.05) is 37.4 Å². The topological polar surface area (TPSA) is 86.8 Å². The van der Waals surface area contributed by atoms with Crippen LogP contribution in [0.1, 0.15) is 39.3 Å². The van der Waals surface area contributed by atoms with Crippen molar-refractivity contribution in [3.63, 3.8) is 0 Å². The monoisotopic (exact) mass is 464 g/mol. The highest BCUT2D eigenvalue weighted by Gasteiger charge is 2.65. The van der Waals surface area contributed by atoms with E-state index in [1.165, 1.54) is 11.3 Å². The zero-order valence-electron chi connectivity index (χ0n) is 17.6. The second-order valence-electron chi connectivity index (χ2n) is 8.68. The fourth-order valence-corrected chi connectivity index (χ4v) is 5.03. The lowest BCUT2D eigenvalue weighted by molar-refractivity contribution is -0.160. The highest BCUT2D eigenvalue weighted by molar-refractivity contribution is 7.13. The molecule has 0 saturated carbocycles. The first kappa shape index (κ1) is 22.0. The maximum absolute atomic E-state index is 12.8. The van der Waals surface area contributed by atoms with Crippen LogP contribution < -0.4 is 5.32 Å². The molecule has 3 atom stereocenters. The number of carbonyl (C=O) groups is 2. The molecule has 0 amide bonds. The lowest BCUT2D eigenvalue weighted by Gasteiger charge is -2.20. The third kappa shape index (κ3) is 4.29. The fraction of sp³-hybridized carbons (Fsp3) is 0.500. The molecule has 4 rings (SSSR count). The van der Waals surface area contributed by atoms with Gasteiger partial charge in [-0.25, -0.2) is 4.98 Å². The van der Waals surface area contributed by atoms with Crippen molar-refractivity contribution in [1.29, 1.82) is 0 Å². The van der Waals surface area contributed by atoms with E-state index in [9.17, 15) is 9.59 Å². The van der Waals surface area contributed by atoms with Crippen LogP contribution in [0.2, 0.25) is 5.02 Å². The lowest BCUT2D eigenvalue weighted by atomic mass is 9.78. The second kappa shape index (κ2) is 8.41. The van der Waals surface area contributed by atoms with E-state index in [-0.39, 0.29) is 19.4 Å². The van der Waals surface area contributed by atoms with Crippen molar-refractivity contribution in [1.82, 2.24) is 4.98 Å². The minimum atomic E-state index is -1.31. The molecule has 2 saturated heterocycles. The largest absolute Gasteiger partial charge is 0.459 e. The Morgan fingerprint density at radius 1 is 1.32 bits per heavy atom. The summed E-state index contributed by atoms with van der Waals surface area (Å²) in [6.07, 6.45) is -0.00470. The molecule has 0 radical (unpaired) electrons. The van der Waals surface area contributed by atoms with Crippen molar-refractivity contribution in [3.8, 4) is 0 Å². The normalized spacial score (nSPS) is 27.7. The van der Waals surface area contributed by atoms with Gasteiger partial charge in [-0.2, -0.15) is 0 Å². The van der Waals surface area contributed by atoms with E-state index in [0.717, 1.165) is 5.69 Å². The molecule has 31 heavy (non-hydrogen) atoms. The number of ether oxygens (including phenoxy) is 3. The molecule has 1 aromatic carbocycles. The van der Waals surface area contributed by atoms with Crippen molar-refractivity contribution < 1.29 is 23.8 Å². The van der Waals surface area contributed by atoms with Crippen LogP contribution in [0.4, 0.5) is 10.8 Å². The predicted octanol–water partition coefficient (Wildman–Crippen LogP) is 4.68. The number of para-hydroxylation sites is 1. The lowest BCUT2D eigenvalue weighted by Crippen LogP contribution is -2.32. The first-order chi connectivity index (χ1) is 14.7. The number of esters is 2. The fourth-order valence-electron chi connectivity index (χ4n) is 4.00. The van der Waals surface area contributed by atoms with Gasteiger partial charge in [-0.15, -0.1) is 11.3 Å². The standard InChI is InChI=1S/C22H25ClN2O5S/c1-13(2)9-28-10-14-8-22(18(26)29-14)12-21(3,30-19(22)27)17-11-31-20(25-17)24-16-7-5-4-6-15(16)23/h4-7,11,13-14H,8-10,12H2,1-3H3,(H,24,25)/t14-,21+,22+/m1/s1. The summed E-state index contributed by atoms with van der Waals surface area (Å²) in [6.45, 7) is 6.72. The molecule has 1 N–H and O–H groups in total. The number of nitrogens with one attached hydrogen (secondary N) is 1. The maximum Gasteiger partial charge on any atom is 0.324 e. The Hall–Kier alpha value is -2.16. The molecule has 0 aliphatic carbocycles. The van der Waals surface area contributed by atoms with Gasteiger partial charge in [-0.3, -0.25) is 9.59 Å². The van der Waals surface area contributed by atoms with Gasteiger partial charge in [0.15, 0.2) is 16.1 Å². The van der Waals surface area contributed by atoms with Gasteiger partial charge in [0.1, 0.15) is 6.10 Å². The first-order valence-corrected chi connectivity index (χ1v) is 11.5. The first-order valence-electron chi connectivity index (χ1n) is 10.2. The van der Waals surface area contributed by atoms with Crippen LogP contribution in [0.5, 0.6) is 0 Å². The smallest absolute Gasteiger partial charge is 0.324 e. The number of thiazole rings is 1. The van der Waals surface area contributed by atoms with E-state index >= 15 is 0 Å². The SMILES string of the molecule is CC(C)COC[C@H]1C[C@]2(C[C@@](C)(c3csc(Nc4ccccc4Cl)n3)OC2=O)C(=O)O1. The average Bonchev–Trinajstić information content (AvgIpc) is 3.36. The van der Waals surface area contributed by atoms with Crippen LogP contribution in [0.3, 0.4) is 0 Å². The van der Waals surface area contributed by atoms with E-state index < -0.39 is 29.1 Å². The molecule has 7 nitrogen and oxygen atoms in total. The number of hydrogen-bond acceptors (Lipinski definition) is 8. The Morgan fingerprint density at radius 2 is 2.10 bits per heavy atom. The summed E-state index contributed by atoms with van der Waals surface area (Å²) in [5.74, 6) is -0.715. The number of benzene rings is 1. The Balaban J connectivity index is 1.48. The molecule has 9 heteroatoms. The molecule has 0 unspecified atom stereocenters. The van der Waals surface area contributed by atoms with Gasteiger partial charge in [0, 0.05) is 24.8 Å². The number of cyclic esters (lactones) is 2. The summed E-state index contributed by atoms with van der Waals surface area (Å²) in [5.41, 5.74) is -0.996. The molecule has 3 heterocycles. The van der Waals surface area contributed by atoms with Crippen molar-refractivity contribution in [3.05, 3.63) is 40.4 Å². The number of rotatable bonds is 7. The van der Waals surface area contributed by atoms with Crippen LogP contribution in [-0.4, -0.2) is 36.2 Å². The zero-order valence-corrected chi connectivity index (χ0v) is 19.2. The van der Waals surface area contributed by atoms with Gasteiger partial charge in [0.2, 0.25) is 0 Å². The van der Waals surface area contributed by atoms with Crippen LogP contribution in [0.25, 0.3) is 0 Å². The third-order valence-electron chi connectivity index (χ3n) is 5.50. The van der Waals surface area contributed by atoms with Crippen molar-refractivity contribution in [2.45, 2.75) is 45.3 Å². The third-order valence-corrected chi connectivity index (χ3v) is 6.59. The minimum absolute atomic E-state index is 0.188. The molecule has 1 spiro atoms. The molecule has 2 aromatic rings. The van der Waals surface area contributed by atoms with Crippen LogP contribution in [0, 0.1) is 11.3 Å². The Bertz CT molecular complexity index is 996. The molecule has 2 fully saturated rings. The highest BCUT2D eigenvalue weighted by atomic mass is 35.5. The Kier molecular flexibility index (Phi) is 5.98. The maximum atomic E-state index is 12.8.